The molecule has 0 spiro atoms. The van der Waals surface area contributed by atoms with Gasteiger partial charge in [-0.05, 0) is 36.4 Å². The van der Waals surface area contributed by atoms with E-state index in [1.54, 1.807) is 0 Å². The molecule has 0 saturated carbocycles. The molecule has 0 aliphatic carbocycles. The predicted octanol–water partition coefficient (Wildman–Crippen LogP) is 3.66. The van der Waals surface area contributed by atoms with E-state index in [2.05, 4.69) is 43.4 Å². The van der Waals surface area contributed by atoms with Crippen molar-refractivity contribution in [1.82, 2.24) is 5.32 Å². The lowest BCUT2D eigenvalue weighted by atomic mass is 9.98. The minimum Gasteiger partial charge on any atom is -0.310 e. The van der Waals surface area contributed by atoms with Gasteiger partial charge in [0.1, 0.15) is 0 Å². The third-order valence-electron chi connectivity index (χ3n) is 3.07. The van der Waals surface area contributed by atoms with Crippen molar-refractivity contribution in [3.8, 4) is 0 Å². The minimum absolute atomic E-state index is 0. The first-order chi connectivity index (χ1) is 6.77. The number of rotatable bonds is 2. The van der Waals surface area contributed by atoms with Crippen LogP contribution < -0.4 is 5.32 Å². The van der Waals surface area contributed by atoms with Gasteiger partial charge >= 0.3 is 0 Å². The highest BCUT2D eigenvalue weighted by Crippen LogP contribution is 2.24. The van der Waals surface area contributed by atoms with E-state index in [4.69, 9.17) is 0 Å². The number of halogens is 1. The summed E-state index contributed by atoms with van der Waals surface area (Å²) in [6, 6.07) is 9.69. The molecular weight excluding hydrogens is 206 g/mol. The molecule has 1 aromatic rings. The quantitative estimate of drug-likeness (QED) is 0.810. The van der Waals surface area contributed by atoms with Crippen LogP contribution in [0.25, 0.3) is 0 Å². The largest absolute Gasteiger partial charge is 0.310 e. The van der Waals surface area contributed by atoms with Crippen LogP contribution in [0.3, 0.4) is 0 Å². The van der Waals surface area contributed by atoms with Crippen molar-refractivity contribution in [1.29, 1.82) is 0 Å². The Morgan fingerprint density at radius 2 is 1.87 bits per heavy atom. The zero-order valence-corrected chi connectivity index (χ0v) is 10.3. The van der Waals surface area contributed by atoms with Crippen molar-refractivity contribution < 1.29 is 0 Å². The summed E-state index contributed by atoms with van der Waals surface area (Å²) in [7, 11) is 0. The van der Waals surface area contributed by atoms with Gasteiger partial charge in [0, 0.05) is 6.04 Å². The first-order valence-corrected chi connectivity index (χ1v) is 5.60. The zero-order chi connectivity index (χ0) is 9.97. The number of hydrogen-bond donors (Lipinski definition) is 1. The third kappa shape index (κ3) is 2.96. The summed E-state index contributed by atoms with van der Waals surface area (Å²) < 4.78 is 0. The van der Waals surface area contributed by atoms with Gasteiger partial charge in [0.25, 0.3) is 0 Å². The Balaban J connectivity index is 0.00000112. The molecule has 2 rings (SSSR count). The number of benzene rings is 1. The number of hydrogen-bond acceptors (Lipinski definition) is 1. The molecule has 1 heterocycles. The van der Waals surface area contributed by atoms with Crippen molar-refractivity contribution in [2.75, 3.05) is 6.54 Å². The van der Waals surface area contributed by atoms with E-state index in [9.17, 15) is 0 Å². The molecule has 1 fully saturated rings. The van der Waals surface area contributed by atoms with Crippen LogP contribution in [-0.2, 0) is 0 Å². The van der Waals surface area contributed by atoms with E-state index >= 15 is 0 Å². The molecule has 15 heavy (non-hydrogen) atoms. The molecule has 1 saturated heterocycles. The summed E-state index contributed by atoms with van der Waals surface area (Å²) in [6.45, 7) is 5.66. The topological polar surface area (TPSA) is 12.0 Å². The van der Waals surface area contributed by atoms with Crippen LogP contribution in [0.5, 0.6) is 0 Å². The van der Waals surface area contributed by atoms with Crippen LogP contribution in [0, 0.1) is 0 Å². The van der Waals surface area contributed by atoms with E-state index in [1.807, 2.05) is 0 Å². The Hall–Kier alpha value is -0.530. The van der Waals surface area contributed by atoms with Crippen molar-refractivity contribution >= 4 is 12.4 Å². The van der Waals surface area contributed by atoms with Crippen LogP contribution in [0.1, 0.15) is 49.8 Å². The van der Waals surface area contributed by atoms with E-state index in [1.165, 1.54) is 30.5 Å². The van der Waals surface area contributed by atoms with Gasteiger partial charge in [-0.3, -0.25) is 0 Å². The SMILES string of the molecule is CC(C)c1ccc([C@@H]2CCCN2)cc1.Cl. The standard InChI is InChI=1S/C13H19N.ClH/c1-10(2)11-5-7-12(8-6-11)13-4-3-9-14-13;/h5-8,10,13-14H,3-4,9H2,1-2H3;1H/t13-;/m0./s1. The van der Waals surface area contributed by atoms with E-state index < -0.39 is 0 Å². The summed E-state index contributed by atoms with van der Waals surface area (Å²) in [5.41, 5.74) is 2.89. The second kappa shape index (κ2) is 5.53. The lowest BCUT2D eigenvalue weighted by Gasteiger charge is -2.12. The highest BCUT2D eigenvalue weighted by Gasteiger charge is 2.15. The van der Waals surface area contributed by atoms with Crippen molar-refractivity contribution in [2.45, 2.75) is 38.6 Å². The molecule has 0 aromatic heterocycles. The van der Waals surface area contributed by atoms with Crippen LogP contribution in [0.15, 0.2) is 24.3 Å². The molecule has 84 valence electrons. The maximum atomic E-state index is 3.52. The molecule has 1 aliphatic rings. The molecule has 2 heteroatoms. The molecular formula is C13H20ClN. The van der Waals surface area contributed by atoms with Gasteiger partial charge in [-0.1, -0.05) is 38.1 Å². The van der Waals surface area contributed by atoms with E-state index in [0.29, 0.717) is 12.0 Å². The van der Waals surface area contributed by atoms with Gasteiger partial charge in [0.2, 0.25) is 0 Å². The summed E-state index contributed by atoms with van der Waals surface area (Å²) >= 11 is 0. The molecule has 0 amide bonds. The predicted molar refractivity (Wildman–Crippen MR) is 67.8 cm³/mol. The molecule has 1 atom stereocenters. The minimum atomic E-state index is 0. The molecule has 0 unspecified atom stereocenters. The van der Waals surface area contributed by atoms with Gasteiger partial charge in [-0.2, -0.15) is 0 Å². The maximum Gasteiger partial charge on any atom is 0.0320 e. The molecule has 1 N–H and O–H groups in total. The molecule has 1 nitrogen and oxygen atoms in total. The number of nitrogens with one attached hydrogen (secondary N) is 1. The monoisotopic (exact) mass is 225 g/mol. The summed E-state index contributed by atoms with van der Waals surface area (Å²) in [5.74, 6) is 0.639. The van der Waals surface area contributed by atoms with Crippen LogP contribution in [0.2, 0.25) is 0 Å². The van der Waals surface area contributed by atoms with Gasteiger partial charge in [-0.15, -0.1) is 12.4 Å². The van der Waals surface area contributed by atoms with Crippen molar-refractivity contribution in [3.63, 3.8) is 0 Å². The Morgan fingerprint density at radius 1 is 1.20 bits per heavy atom. The molecule has 1 aromatic carbocycles. The van der Waals surface area contributed by atoms with E-state index in [-0.39, 0.29) is 12.4 Å². The van der Waals surface area contributed by atoms with Gasteiger partial charge < -0.3 is 5.32 Å². The summed E-state index contributed by atoms with van der Waals surface area (Å²) in [6.07, 6.45) is 2.61. The van der Waals surface area contributed by atoms with E-state index in [0.717, 1.165) is 0 Å². The smallest absolute Gasteiger partial charge is 0.0320 e. The fourth-order valence-corrected chi connectivity index (χ4v) is 2.08. The summed E-state index contributed by atoms with van der Waals surface area (Å²) in [5, 5.41) is 3.52. The first kappa shape index (κ1) is 12.5. The first-order valence-electron chi connectivity index (χ1n) is 5.60. The van der Waals surface area contributed by atoms with Gasteiger partial charge in [0.05, 0.1) is 0 Å². The fourth-order valence-electron chi connectivity index (χ4n) is 2.08. The Kier molecular flexibility index (Phi) is 4.62. The second-order valence-electron chi connectivity index (χ2n) is 4.47. The fraction of sp³-hybridized carbons (Fsp3) is 0.538. The van der Waals surface area contributed by atoms with Crippen molar-refractivity contribution in [2.24, 2.45) is 0 Å². The van der Waals surface area contributed by atoms with Gasteiger partial charge in [-0.25, -0.2) is 0 Å². The summed E-state index contributed by atoms with van der Waals surface area (Å²) in [4.78, 5) is 0. The third-order valence-corrected chi connectivity index (χ3v) is 3.07. The second-order valence-corrected chi connectivity index (χ2v) is 4.47. The Bertz CT molecular complexity index is 286. The van der Waals surface area contributed by atoms with Crippen LogP contribution in [-0.4, -0.2) is 6.54 Å². The molecule has 0 bridgehead atoms. The highest BCUT2D eigenvalue weighted by molar-refractivity contribution is 5.85. The lowest BCUT2D eigenvalue weighted by Crippen LogP contribution is -2.12. The van der Waals surface area contributed by atoms with Gasteiger partial charge in [0.15, 0.2) is 0 Å². The lowest BCUT2D eigenvalue weighted by molar-refractivity contribution is 0.647. The van der Waals surface area contributed by atoms with Crippen LogP contribution >= 0.6 is 12.4 Å². The normalized spacial score (nSPS) is 20.3. The maximum absolute atomic E-state index is 3.52. The average Bonchev–Trinajstić information content (AvgIpc) is 2.71. The van der Waals surface area contributed by atoms with Crippen molar-refractivity contribution in [3.05, 3.63) is 35.4 Å². The van der Waals surface area contributed by atoms with Crippen LogP contribution in [0.4, 0.5) is 0 Å². The Labute approximate surface area is 98.7 Å². The highest BCUT2D eigenvalue weighted by atomic mass is 35.5. The zero-order valence-electron chi connectivity index (χ0n) is 9.49. The molecule has 0 radical (unpaired) electrons. The Morgan fingerprint density at radius 3 is 2.33 bits per heavy atom. The average molecular weight is 226 g/mol. The molecule has 1 aliphatic heterocycles.